The van der Waals surface area contributed by atoms with E-state index in [0.717, 1.165) is 16.1 Å². The summed E-state index contributed by atoms with van der Waals surface area (Å²) in [4.78, 5) is 24.8. The molecule has 3 heterocycles. The Labute approximate surface area is 162 Å². The van der Waals surface area contributed by atoms with E-state index in [2.05, 4.69) is 10.1 Å². The number of nitrogens with zero attached hydrogens (tertiary/aromatic N) is 5. The van der Waals surface area contributed by atoms with Gasteiger partial charge in [0.25, 0.3) is 11.9 Å². The Bertz CT molecular complexity index is 916. The lowest BCUT2D eigenvalue weighted by Crippen LogP contribution is -2.31. The van der Waals surface area contributed by atoms with Gasteiger partial charge in [0.1, 0.15) is 0 Å². The first-order valence-electron chi connectivity index (χ1n) is 8.83. The zero-order valence-corrected chi connectivity index (χ0v) is 16.8. The molecule has 3 aromatic heterocycles. The molecule has 0 saturated heterocycles. The molecular weight excluding hydrogens is 362 g/mol. The summed E-state index contributed by atoms with van der Waals surface area (Å²) in [5.41, 5.74) is 3.02. The highest BCUT2D eigenvalue weighted by Gasteiger charge is 2.23. The molecule has 27 heavy (non-hydrogen) atoms. The van der Waals surface area contributed by atoms with Gasteiger partial charge in [-0.1, -0.05) is 6.07 Å². The molecule has 0 fully saturated rings. The predicted molar refractivity (Wildman–Crippen MR) is 105 cm³/mol. The zero-order valence-electron chi connectivity index (χ0n) is 16.0. The van der Waals surface area contributed by atoms with Crippen LogP contribution in [0, 0.1) is 6.92 Å². The number of amides is 1. The maximum atomic E-state index is 12.8. The number of hydrogen-bond donors (Lipinski definition) is 0. The molecule has 0 aliphatic heterocycles. The minimum Gasteiger partial charge on any atom is -0.378 e. The summed E-state index contributed by atoms with van der Waals surface area (Å²) >= 11 is 1.62. The number of ether oxygens (including phenoxy) is 1. The van der Waals surface area contributed by atoms with Gasteiger partial charge in [-0.05, 0) is 37.8 Å². The Morgan fingerprint density at radius 1 is 1.30 bits per heavy atom. The molecule has 0 N–H and O–H groups in total. The number of carbonyl (C=O) groups excluding carboxylic acids is 1. The summed E-state index contributed by atoms with van der Waals surface area (Å²) in [5.74, 6) is 0.360. The lowest BCUT2D eigenvalue weighted by Gasteiger charge is -2.18. The molecule has 142 valence electrons. The SMILES string of the molecule is CCN(CC)C(=O)c1cnn(-c2ncc(C)c(-c3cccs3)n2)c1COC. The van der Waals surface area contributed by atoms with E-state index in [-0.39, 0.29) is 12.5 Å². The summed E-state index contributed by atoms with van der Waals surface area (Å²) in [6.07, 6.45) is 3.35. The summed E-state index contributed by atoms with van der Waals surface area (Å²) < 4.78 is 6.92. The molecule has 0 spiro atoms. The second kappa shape index (κ2) is 8.41. The van der Waals surface area contributed by atoms with Crippen molar-refractivity contribution in [1.29, 1.82) is 0 Å². The number of hydrogen-bond acceptors (Lipinski definition) is 6. The minimum absolute atomic E-state index is 0.0658. The van der Waals surface area contributed by atoms with Crippen LogP contribution >= 0.6 is 11.3 Å². The maximum absolute atomic E-state index is 12.8. The normalized spacial score (nSPS) is 11.0. The summed E-state index contributed by atoms with van der Waals surface area (Å²) in [6.45, 7) is 7.41. The summed E-state index contributed by atoms with van der Waals surface area (Å²) in [7, 11) is 1.59. The van der Waals surface area contributed by atoms with Crippen molar-refractivity contribution < 1.29 is 9.53 Å². The average molecular weight is 385 g/mol. The van der Waals surface area contributed by atoms with E-state index in [4.69, 9.17) is 9.72 Å². The third-order valence-electron chi connectivity index (χ3n) is 4.33. The summed E-state index contributed by atoms with van der Waals surface area (Å²) in [6, 6.07) is 4.02. The van der Waals surface area contributed by atoms with E-state index in [9.17, 15) is 4.79 Å². The lowest BCUT2D eigenvalue weighted by molar-refractivity contribution is 0.0767. The molecule has 0 radical (unpaired) electrons. The molecule has 0 saturated carbocycles. The third-order valence-corrected chi connectivity index (χ3v) is 5.21. The Balaban J connectivity index is 2.07. The Kier molecular flexibility index (Phi) is 5.98. The van der Waals surface area contributed by atoms with Gasteiger partial charge in [-0.15, -0.1) is 11.3 Å². The number of methoxy groups -OCH3 is 1. The van der Waals surface area contributed by atoms with Gasteiger partial charge in [0.05, 0.1) is 34.6 Å². The van der Waals surface area contributed by atoms with Crippen molar-refractivity contribution in [2.75, 3.05) is 20.2 Å². The molecule has 8 heteroatoms. The Hall–Kier alpha value is -2.58. The van der Waals surface area contributed by atoms with Crippen molar-refractivity contribution >= 4 is 17.2 Å². The van der Waals surface area contributed by atoms with Gasteiger partial charge in [-0.3, -0.25) is 4.79 Å². The minimum atomic E-state index is -0.0658. The van der Waals surface area contributed by atoms with E-state index in [1.807, 2.05) is 38.3 Å². The fourth-order valence-corrected chi connectivity index (χ4v) is 3.66. The fourth-order valence-electron chi connectivity index (χ4n) is 2.88. The van der Waals surface area contributed by atoms with Crippen LogP contribution in [0.2, 0.25) is 0 Å². The zero-order chi connectivity index (χ0) is 19.4. The van der Waals surface area contributed by atoms with Gasteiger partial charge >= 0.3 is 0 Å². The average Bonchev–Trinajstić information content (AvgIpc) is 3.34. The van der Waals surface area contributed by atoms with Crippen molar-refractivity contribution in [1.82, 2.24) is 24.6 Å². The maximum Gasteiger partial charge on any atom is 0.257 e. The van der Waals surface area contributed by atoms with Crippen LogP contribution in [0.3, 0.4) is 0 Å². The van der Waals surface area contributed by atoms with E-state index < -0.39 is 0 Å². The van der Waals surface area contributed by atoms with Crippen LogP contribution < -0.4 is 0 Å². The highest BCUT2D eigenvalue weighted by molar-refractivity contribution is 7.13. The molecule has 0 atom stereocenters. The largest absolute Gasteiger partial charge is 0.378 e. The van der Waals surface area contributed by atoms with E-state index in [0.29, 0.717) is 30.3 Å². The van der Waals surface area contributed by atoms with Gasteiger partial charge in [-0.25, -0.2) is 9.97 Å². The van der Waals surface area contributed by atoms with Crippen molar-refractivity contribution in [3.8, 4) is 16.5 Å². The van der Waals surface area contributed by atoms with Gasteiger partial charge in [0.2, 0.25) is 0 Å². The second-order valence-corrected chi connectivity index (χ2v) is 6.95. The molecule has 3 aromatic rings. The first-order chi connectivity index (χ1) is 13.1. The molecule has 7 nitrogen and oxygen atoms in total. The standard InChI is InChI=1S/C19H23N5O2S/c1-5-23(6-2)18(25)14-11-21-24(15(14)12-26-4)19-20-10-13(3)17(22-19)16-8-7-9-27-16/h7-11H,5-6,12H2,1-4H3. The second-order valence-electron chi connectivity index (χ2n) is 6.01. The van der Waals surface area contributed by atoms with Crippen molar-refractivity contribution in [3.63, 3.8) is 0 Å². The Morgan fingerprint density at radius 2 is 2.07 bits per heavy atom. The van der Waals surface area contributed by atoms with Crippen LogP contribution in [0.4, 0.5) is 0 Å². The molecule has 0 aromatic carbocycles. The molecule has 0 aliphatic carbocycles. The van der Waals surface area contributed by atoms with Crippen LogP contribution in [0.1, 0.15) is 35.5 Å². The third kappa shape index (κ3) is 3.77. The van der Waals surface area contributed by atoms with E-state index >= 15 is 0 Å². The van der Waals surface area contributed by atoms with Crippen molar-refractivity contribution in [2.45, 2.75) is 27.4 Å². The molecule has 0 bridgehead atoms. The Morgan fingerprint density at radius 3 is 2.70 bits per heavy atom. The van der Waals surface area contributed by atoms with Crippen LogP contribution in [-0.2, 0) is 11.3 Å². The van der Waals surface area contributed by atoms with Gasteiger partial charge in [0, 0.05) is 26.4 Å². The number of aromatic nitrogens is 4. The van der Waals surface area contributed by atoms with Gasteiger partial charge < -0.3 is 9.64 Å². The number of carbonyl (C=O) groups is 1. The summed E-state index contributed by atoms with van der Waals surface area (Å²) in [5, 5.41) is 6.41. The van der Waals surface area contributed by atoms with Crippen LogP contribution in [0.15, 0.2) is 29.9 Å². The molecule has 3 rings (SSSR count). The van der Waals surface area contributed by atoms with Crippen molar-refractivity contribution in [2.24, 2.45) is 0 Å². The predicted octanol–water partition coefficient (Wildman–Crippen LogP) is 3.33. The van der Waals surface area contributed by atoms with Crippen LogP contribution in [0.25, 0.3) is 16.5 Å². The quantitative estimate of drug-likeness (QED) is 0.624. The first-order valence-corrected chi connectivity index (χ1v) is 9.71. The highest BCUT2D eigenvalue weighted by atomic mass is 32.1. The number of aryl methyl sites for hydroxylation is 1. The van der Waals surface area contributed by atoms with Crippen molar-refractivity contribution in [3.05, 3.63) is 46.7 Å². The fraction of sp³-hybridized carbons (Fsp3) is 0.368. The molecule has 0 aliphatic rings. The molecule has 0 unspecified atom stereocenters. The topological polar surface area (TPSA) is 73.1 Å². The monoisotopic (exact) mass is 385 g/mol. The number of thiophene rings is 1. The van der Waals surface area contributed by atoms with Crippen LogP contribution in [-0.4, -0.2) is 50.8 Å². The number of rotatable bonds is 7. The smallest absolute Gasteiger partial charge is 0.257 e. The van der Waals surface area contributed by atoms with Crippen LogP contribution in [0.5, 0.6) is 0 Å². The van der Waals surface area contributed by atoms with Gasteiger partial charge in [-0.2, -0.15) is 9.78 Å². The molecule has 1 amide bonds. The molecular formula is C19H23N5O2S. The lowest BCUT2D eigenvalue weighted by atomic mass is 10.2. The van der Waals surface area contributed by atoms with Gasteiger partial charge in [0.15, 0.2) is 0 Å². The highest BCUT2D eigenvalue weighted by Crippen LogP contribution is 2.26. The first kappa shape index (κ1) is 19.2. The van der Waals surface area contributed by atoms with E-state index in [1.54, 1.807) is 40.4 Å². The van der Waals surface area contributed by atoms with E-state index in [1.165, 1.54) is 0 Å².